The summed E-state index contributed by atoms with van der Waals surface area (Å²) in [4.78, 5) is 12.3. The summed E-state index contributed by atoms with van der Waals surface area (Å²) in [6.45, 7) is 2.04. The predicted molar refractivity (Wildman–Crippen MR) is 102 cm³/mol. The third-order valence-corrected chi connectivity index (χ3v) is 4.31. The van der Waals surface area contributed by atoms with E-state index < -0.39 is 0 Å². The lowest BCUT2D eigenvalue weighted by atomic mass is 10.0. The number of carbonyl (C=O) groups is 1. The number of amides is 1. The van der Waals surface area contributed by atoms with Gasteiger partial charge in [-0.1, -0.05) is 54.9 Å². The third kappa shape index (κ3) is 4.28. The largest absolute Gasteiger partial charge is 0.311 e. The Bertz CT molecular complexity index is 867. The van der Waals surface area contributed by atoms with Crippen molar-refractivity contribution >= 4 is 23.3 Å². The number of nitrogens with zero attached hydrogens (tertiary/aromatic N) is 2. The number of aryl methyl sites for hydroxylation is 2. The van der Waals surface area contributed by atoms with Gasteiger partial charge in [0.05, 0.1) is 12.1 Å². The van der Waals surface area contributed by atoms with Crippen molar-refractivity contribution in [1.29, 1.82) is 0 Å². The average Bonchev–Trinajstić information content (AvgIpc) is 2.96. The first kappa shape index (κ1) is 17.2. The van der Waals surface area contributed by atoms with Crippen molar-refractivity contribution in [1.82, 2.24) is 9.78 Å². The number of rotatable bonds is 5. The van der Waals surface area contributed by atoms with Gasteiger partial charge < -0.3 is 5.32 Å². The Morgan fingerprint density at radius 1 is 1.08 bits per heavy atom. The van der Waals surface area contributed by atoms with E-state index in [2.05, 4.69) is 10.4 Å². The molecule has 0 unspecified atom stereocenters. The van der Waals surface area contributed by atoms with Crippen LogP contribution in [0.4, 0.5) is 5.82 Å². The van der Waals surface area contributed by atoms with Gasteiger partial charge in [0, 0.05) is 18.1 Å². The lowest BCUT2D eigenvalue weighted by Crippen LogP contribution is -2.16. The van der Waals surface area contributed by atoms with E-state index in [1.807, 2.05) is 68.6 Å². The molecule has 1 aromatic heterocycles. The van der Waals surface area contributed by atoms with Crippen LogP contribution in [0.1, 0.15) is 18.2 Å². The number of aromatic nitrogens is 2. The van der Waals surface area contributed by atoms with E-state index in [9.17, 15) is 4.79 Å². The fourth-order valence-electron chi connectivity index (χ4n) is 2.65. The summed E-state index contributed by atoms with van der Waals surface area (Å²) in [5.74, 6) is 0.671. The standard InChI is InChI=1S/C20H20ClN3O/c1-3-18-13-19(24(2)23-18)22-20(25)12-14-4-6-15(7-5-14)16-8-10-17(21)11-9-16/h4-11,13H,3,12H2,1-2H3,(H,22,25). The lowest BCUT2D eigenvalue weighted by Gasteiger charge is -2.07. The minimum atomic E-state index is -0.0510. The number of hydrogen-bond donors (Lipinski definition) is 1. The van der Waals surface area contributed by atoms with E-state index in [0.29, 0.717) is 6.42 Å². The van der Waals surface area contributed by atoms with Crippen LogP contribution in [0.25, 0.3) is 11.1 Å². The highest BCUT2D eigenvalue weighted by Crippen LogP contribution is 2.22. The molecule has 0 radical (unpaired) electrons. The fourth-order valence-corrected chi connectivity index (χ4v) is 2.77. The number of benzene rings is 2. The molecule has 1 N–H and O–H groups in total. The first-order valence-electron chi connectivity index (χ1n) is 8.23. The van der Waals surface area contributed by atoms with Crippen LogP contribution in [0.3, 0.4) is 0 Å². The smallest absolute Gasteiger partial charge is 0.229 e. The molecular weight excluding hydrogens is 334 g/mol. The van der Waals surface area contributed by atoms with Gasteiger partial charge in [-0.15, -0.1) is 0 Å². The fraction of sp³-hybridized carbons (Fsp3) is 0.200. The maximum absolute atomic E-state index is 12.3. The third-order valence-electron chi connectivity index (χ3n) is 4.06. The van der Waals surface area contributed by atoms with Crippen LogP contribution in [0.2, 0.25) is 5.02 Å². The Morgan fingerprint density at radius 3 is 2.24 bits per heavy atom. The van der Waals surface area contributed by atoms with Crippen molar-refractivity contribution in [2.45, 2.75) is 19.8 Å². The van der Waals surface area contributed by atoms with Crippen LogP contribution in [-0.4, -0.2) is 15.7 Å². The maximum atomic E-state index is 12.3. The Kier molecular flexibility index (Phi) is 5.19. The Balaban J connectivity index is 1.65. The molecule has 0 saturated carbocycles. The molecule has 0 aliphatic heterocycles. The molecule has 0 aliphatic carbocycles. The number of carbonyl (C=O) groups excluding carboxylic acids is 1. The zero-order valence-electron chi connectivity index (χ0n) is 14.3. The summed E-state index contributed by atoms with van der Waals surface area (Å²) in [6.07, 6.45) is 1.17. The molecule has 1 heterocycles. The van der Waals surface area contributed by atoms with E-state index in [-0.39, 0.29) is 5.91 Å². The highest BCUT2D eigenvalue weighted by molar-refractivity contribution is 6.30. The van der Waals surface area contributed by atoms with Crippen LogP contribution >= 0.6 is 11.6 Å². The molecule has 0 fully saturated rings. The molecule has 0 saturated heterocycles. The van der Waals surface area contributed by atoms with E-state index >= 15 is 0 Å². The monoisotopic (exact) mass is 353 g/mol. The van der Waals surface area contributed by atoms with Crippen LogP contribution < -0.4 is 5.32 Å². The minimum Gasteiger partial charge on any atom is -0.311 e. The molecule has 5 heteroatoms. The van der Waals surface area contributed by atoms with Crippen molar-refractivity contribution in [2.75, 3.05) is 5.32 Å². The van der Waals surface area contributed by atoms with Gasteiger partial charge >= 0.3 is 0 Å². The Hall–Kier alpha value is -2.59. The maximum Gasteiger partial charge on any atom is 0.229 e. The molecule has 4 nitrogen and oxygen atoms in total. The zero-order valence-corrected chi connectivity index (χ0v) is 15.0. The molecule has 0 bridgehead atoms. The summed E-state index contributed by atoms with van der Waals surface area (Å²) in [5.41, 5.74) is 4.13. The predicted octanol–water partition coefficient (Wildman–Crippen LogP) is 4.48. The second-order valence-corrected chi connectivity index (χ2v) is 6.36. The van der Waals surface area contributed by atoms with Gasteiger partial charge in [0.2, 0.25) is 5.91 Å². The lowest BCUT2D eigenvalue weighted by molar-refractivity contribution is -0.115. The highest BCUT2D eigenvalue weighted by atomic mass is 35.5. The Morgan fingerprint density at radius 2 is 1.68 bits per heavy atom. The van der Waals surface area contributed by atoms with Gasteiger partial charge in [0.15, 0.2) is 0 Å². The van der Waals surface area contributed by atoms with Crippen LogP contribution in [0.5, 0.6) is 0 Å². The van der Waals surface area contributed by atoms with Crippen LogP contribution in [-0.2, 0) is 24.7 Å². The summed E-state index contributed by atoms with van der Waals surface area (Å²) in [7, 11) is 1.83. The topological polar surface area (TPSA) is 46.9 Å². The van der Waals surface area contributed by atoms with Crippen molar-refractivity contribution in [2.24, 2.45) is 7.05 Å². The normalized spacial score (nSPS) is 10.7. The number of nitrogens with one attached hydrogen (secondary N) is 1. The molecule has 1 amide bonds. The van der Waals surface area contributed by atoms with Gasteiger partial charge in [0.25, 0.3) is 0 Å². The zero-order chi connectivity index (χ0) is 17.8. The first-order valence-corrected chi connectivity index (χ1v) is 8.60. The molecule has 2 aromatic carbocycles. The molecule has 0 spiro atoms. The van der Waals surface area contributed by atoms with Crippen LogP contribution in [0.15, 0.2) is 54.6 Å². The van der Waals surface area contributed by atoms with Gasteiger partial charge in [-0.3, -0.25) is 9.48 Å². The van der Waals surface area contributed by atoms with Gasteiger partial charge in [0.1, 0.15) is 5.82 Å². The SMILES string of the molecule is CCc1cc(NC(=O)Cc2ccc(-c3ccc(Cl)cc3)cc2)n(C)n1. The molecule has 0 aliphatic rings. The van der Waals surface area contributed by atoms with Crippen molar-refractivity contribution in [3.63, 3.8) is 0 Å². The van der Waals surface area contributed by atoms with Gasteiger partial charge in [-0.25, -0.2) is 0 Å². The number of halogens is 1. The first-order chi connectivity index (χ1) is 12.0. The average molecular weight is 354 g/mol. The summed E-state index contributed by atoms with van der Waals surface area (Å²) < 4.78 is 1.69. The number of anilines is 1. The highest BCUT2D eigenvalue weighted by Gasteiger charge is 2.09. The molecule has 3 aromatic rings. The second-order valence-electron chi connectivity index (χ2n) is 5.93. The minimum absolute atomic E-state index is 0.0510. The van der Waals surface area contributed by atoms with Gasteiger partial charge in [-0.05, 0) is 35.2 Å². The molecule has 0 atom stereocenters. The summed E-state index contributed by atoms with van der Waals surface area (Å²) in [6, 6.07) is 17.6. The summed E-state index contributed by atoms with van der Waals surface area (Å²) in [5, 5.41) is 7.97. The van der Waals surface area contributed by atoms with Gasteiger partial charge in [-0.2, -0.15) is 5.10 Å². The Labute approximate surface area is 152 Å². The van der Waals surface area contributed by atoms with Crippen molar-refractivity contribution in [3.05, 3.63) is 70.9 Å². The molecular formula is C20H20ClN3O. The molecule has 25 heavy (non-hydrogen) atoms. The summed E-state index contributed by atoms with van der Waals surface area (Å²) >= 11 is 5.92. The quantitative estimate of drug-likeness (QED) is 0.734. The molecule has 3 rings (SSSR count). The van der Waals surface area contributed by atoms with E-state index in [0.717, 1.165) is 39.6 Å². The van der Waals surface area contributed by atoms with Crippen molar-refractivity contribution in [3.8, 4) is 11.1 Å². The van der Waals surface area contributed by atoms with E-state index in [1.165, 1.54) is 0 Å². The van der Waals surface area contributed by atoms with E-state index in [1.54, 1.807) is 4.68 Å². The van der Waals surface area contributed by atoms with Crippen LogP contribution in [0, 0.1) is 0 Å². The molecule has 128 valence electrons. The van der Waals surface area contributed by atoms with E-state index in [4.69, 9.17) is 11.6 Å². The van der Waals surface area contributed by atoms with Crippen molar-refractivity contribution < 1.29 is 4.79 Å². The number of hydrogen-bond acceptors (Lipinski definition) is 2. The second kappa shape index (κ2) is 7.53.